The molecule has 1 atom stereocenters. The van der Waals surface area contributed by atoms with Gasteiger partial charge in [0.1, 0.15) is 0 Å². The molecule has 0 aliphatic heterocycles. The van der Waals surface area contributed by atoms with Gasteiger partial charge in [0.2, 0.25) is 0 Å². The van der Waals surface area contributed by atoms with Gasteiger partial charge in [-0.2, -0.15) is 0 Å². The van der Waals surface area contributed by atoms with Gasteiger partial charge in [-0.05, 0) is 42.3 Å². The van der Waals surface area contributed by atoms with Gasteiger partial charge in [0.05, 0.1) is 19.3 Å². The summed E-state index contributed by atoms with van der Waals surface area (Å²) in [5, 5.41) is 5.54. The fraction of sp³-hybridized carbons (Fsp3) is 0.250. The summed E-state index contributed by atoms with van der Waals surface area (Å²) in [5.74, 6) is -2.33. The molecule has 1 N–H and O–H groups in total. The summed E-state index contributed by atoms with van der Waals surface area (Å²) in [6.45, 7) is 3.81. The Balaban J connectivity index is 2.01. The fourth-order valence-electron chi connectivity index (χ4n) is 3.31. The minimum atomic E-state index is -1.12. The highest BCUT2D eigenvalue weighted by atomic mass is 16.6. The highest BCUT2D eigenvalue weighted by Crippen LogP contribution is 2.30. The molecule has 0 amide bonds. The van der Waals surface area contributed by atoms with E-state index < -0.39 is 23.9 Å². The molecule has 0 aromatic heterocycles. The van der Waals surface area contributed by atoms with E-state index >= 15 is 0 Å². The Morgan fingerprint density at radius 3 is 2.00 bits per heavy atom. The van der Waals surface area contributed by atoms with Gasteiger partial charge in [0, 0.05) is 5.69 Å². The molecule has 0 aliphatic carbocycles. The quantitative estimate of drug-likeness (QED) is 0.444. The second-order valence-corrected chi connectivity index (χ2v) is 6.58. The number of hydrogen-bond acceptors (Lipinski definition) is 5. The summed E-state index contributed by atoms with van der Waals surface area (Å²) in [6.07, 6.45) is 0. The molecule has 5 heteroatoms. The molecule has 0 aliphatic rings. The number of fused-ring (bicyclic) bond motifs is 1. The van der Waals surface area contributed by atoms with Crippen molar-refractivity contribution in [3.63, 3.8) is 0 Å². The smallest absolute Gasteiger partial charge is 0.322 e. The molecule has 0 saturated carbocycles. The zero-order chi connectivity index (χ0) is 20.6. The number of nitrogens with one attached hydrogen (secondary N) is 1. The van der Waals surface area contributed by atoms with Crippen LogP contribution in [-0.2, 0) is 19.1 Å². The van der Waals surface area contributed by atoms with Crippen LogP contribution in [0, 0.1) is 5.92 Å². The number of carbonyl (C=O) groups is 2. The maximum atomic E-state index is 12.7. The second kappa shape index (κ2) is 9.73. The summed E-state index contributed by atoms with van der Waals surface area (Å²) < 4.78 is 10.4. The molecule has 1 unspecified atom stereocenters. The predicted molar refractivity (Wildman–Crippen MR) is 114 cm³/mol. The summed E-state index contributed by atoms with van der Waals surface area (Å²) in [5.41, 5.74) is 1.60. The Hall–Kier alpha value is -3.34. The van der Waals surface area contributed by atoms with E-state index in [9.17, 15) is 9.59 Å². The van der Waals surface area contributed by atoms with Crippen LogP contribution in [0.15, 0.2) is 72.8 Å². The lowest BCUT2D eigenvalue weighted by Crippen LogP contribution is -2.36. The molecular formula is C24H25NO4. The van der Waals surface area contributed by atoms with Gasteiger partial charge in [-0.15, -0.1) is 0 Å². The zero-order valence-corrected chi connectivity index (χ0v) is 16.6. The van der Waals surface area contributed by atoms with E-state index in [2.05, 4.69) is 5.32 Å². The van der Waals surface area contributed by atoms with Crippen molar-refractivity contribution in [2.24, 2.45) is 5.92 Å². The van der Waals surface area contributed by atoms with Crippen LogP contribution in [0.2, 0.25) is 0 Å². The van der Waals surface area contributed by atoms with Crippen molar-refractivity contribution in [3.05, 3.63) is 78.4 Å². The van der Waals surface area contributed by atoms with Crippen LogP contribution in [0.25, 0.3) is 10.8 Å². The first kappa shape index (κ1) is 20.4. The summed E-state index contributed by atoms with van der Waals surface area (Å²) in [7, 11) is 0. The van der Waals surface area contributed by atoms with Gasteiger partial charge in [0.15, 0.2) is 5.92 Å². The molecular weight excluding hydrogens is 366 g/mol. The molecule has 0 spiro atoms. The Bertz CT molecular complexity index is 953. The first-order chi connectivity index (χ1) is 14.1. The van der Waals surface area contributed by atoms with Gasteiger partial charge in [-0.3, -0.25) is 9.59 Å². The van der Waals surface area contributed by atoms with Crippen molar-refractivity contribution in [3.8, 4) is 0 Å². The van der Waals surface area contributed by atoms with Gasteiger partial charge in [-0.1, -0.05) is 60.7 Å². The average molecular weight is 391 g/mol. The van der Waals surface area contributed by atoms with Crippen LogP contribution in [-0.4, -0.2) is 25.2 Å². The number of esters is 2. The van der Waals surface area contributed by atoms with E-state index in [1.54, 1.807) is 13.8 Å². The van der Waals surface area contributed by atoms with Gasteiger partial charge < -0.3 is 14.8 Å². The van der Waals surface area contributed by atoms with E-state index in [4.69, 9.17) is 9.47 Å². The van der Waals surface area contributed by atoms with Crippen molar-refractivity contribution >= 4 is 28.4 Å². The number of benzene rings is 3. The highest BCUT2D eigenvalue weighted by Gasteiger charge is 2.38. The normalized spacial score (nSPS) is 11.8. The average Bonchev–Trinajstić information content (AvgIpc) is 2.74. The number of anilines is 1. The van der Waals surface area contributed by atoms with E-state index in [-0.39, 0.29) is 13.2 Å². The topological polar surface area (TPSA) is 64.6 Å². The number of hydrogen-bond donors (Lipinski definition) is 1. The standard InChI is InChI=1S/C24H25NO4/c1-3-28-23(26)21(24(27)29-4-2)22(18-11-6-5-7-12-18)25-20-15-14-17-10-8-9-13-19(17)16-20/h5-16,21-22,25H,3-4H2,1-2H3. The lowest BCUT2D eigenvalue weighted by molar-refractivity contribution is -0.162. The molecule has 29 heavy (non-hydrogen) atoms. The monoisotopic (exact) mass is 391 g/mol. The molecule has 0 radical (unpaired) electrons. The summed E-state index contributed by atoms with van der Waals surface area (Å²) >= 11 is 0. The molecule has 0 heterocycles. The van der Waals surface area contributed by atoms with Crippen LogP contribution in [0.3, 0.4) is 0 Å². The number of rotatable bonds is 8. The van der Waals surface area contributed by atoms with Crippen molar-refractivity contribution in [1.29, 1.82) is 0 Å². The summed E-state index contributed by atoms with van der Waals surface area (Å²) in [6, 6.07) is 22.7. The number of carbonyl (C=O) groups excluding carboxylic acids is 2. The van der Waals surface area contributed by atoms with Crippen LogP contribution in [0.5, 0.6) is 0 Å². The minimum absolute atomic E-state index is 0.187. The largest absolute Gasteiger partial charge is 0.465 e. The van der Waals surface area contributed by atoms with E-state index in [0.717, 1.165) is 22.0 Å². The minimum Gasteiger partial charge on any atom is -0.465 e. The SMILES string of the molecule is CCOC(=O)C(C(=O)OCC)C(Nc1ccc2ccccc2c1)c1ccccc1. The lowest BCUT2D eigenvalue weighted by Gasteiger charge is -2.26. The maximum absolute atomic E-state index is 12.7. The first-order valence-electron chi connectivity index (χ1n) is 9.77. The Kier molecular flexibility index (Phi) is 6.85. The van der Waals surface area contributed by atoms with Crippen LogP contribution >= 0.6 is 0 Å². The van der Waals surface area contributed by atoms with Crippen LogP contribution in [0.4, 0.5) is 5.69 Å². The van der Waals surface area contributed by atoms with Crippen LogP contribution in [0.1, 0.15) is 25.5 Å². The van der Waals surface area contributed by atoms with Crippen molar-refractivity contribution in [1.82, 2.24) is 0 Å². The molecule has 0 bridgehead atoms. The molecule has 3 aromatic carbocycles. The molecule has 0 saturated heterocycles. The van der Waals surface area contributed by atoms with Crippen molar-refractivity contribution in [2.75, 3.05) is 18.5 Å². The van der Waals surface area contributed by atoms with Gasteiger partial charge in [0.25, 0.3) is 0 Å². The van der Waals surface area contributed by atoms with E-state index in [0.29, 0.717) is 0 Å². The summed E-state index contributed by atoms with van der Waals surface area (Å²) in [4.78, 5) is 25.4. The molecule has 5 nitrogen and oxygen atoms in total. The Labute approximate surface area is 170 Å². The highest BCUT2D eigenvalue weighted by molar-refractivity contribution is 5.96. The molecule has 0 fully saturated rings. The van der Waals surface area contributed by atoms with E-state index in [1.807, 2.05) is 72.8 Å². The molecule has 3 aromatic rings. The van der Waals surface area contributed by atoms with E-state index in [1.165, 1.54) is 0 Å². The van der Waals surface area contributed by atoms with Crippen molar-refractivity contribution in [2.45, 2.75) is 19.9 Å². The third-order valence-electron chi connectivity index (χ3n) is 4.64. The zero-order valence-electron chi connectivity index (χ0n) is 16.6. The predicted octanol–water partition coefficient (Wildman–Crippen LogP) is 4.74. The lowest BCUT2D eigenvalue weighted by atomic mass is 9.92. The molecule has 150 valence electrons. The van der Waals surface area contributed by atoms with Gasteiger partial charge in [-0.25, -0.2) is 0 Å². The van der Waals surface area contributed by atoms with Crippen molar-refractivity contribution < 1.29 is 19.1 Å². The maximum Gasteiger partial charge on any atom is 0.322 e. The third kappa shape index (κ3) is 4.93. The fourth-order valence-corrected chi connectivity index (χ4v) is 3.31. The third-order valence-corrected chi connectivity index (χ3v) is 4.64. The first-order valence-corrected chi connectivity index (χ1v) is 9.77. The Morgan fingerprint density at radius 1 is 0.793 bits per heavy atom. The van der Waals surface area contributed by atoms with Gasteiger partial charge >= 0.3 is 11.9 Å². The number of ether oxygens (including phenoxy) is 2. The Morgan fingerprint density at radius 2 is 1.38 bits per heavy atom. The van der Waals surface area contributed by atoms with Crippen LogP contribution < -0.4 is 5.32 Å². The molecule has 3 rings (SSSR count). The second-order valence-electron chi connectivity index (χ2n) is 6.58.